The van der Waals surface area contributed by atoms with Gasteiger partial charge in [-0.2, -0.15) is 0 Å². The Labute approximate surface area is 131 Å². The van der Waals surface area contributed by atoms with Crippen LogP contribution in [0.1, 0.15) is 0 Å². The summed E-state index contributed by atoms with van der Waals surface area (Å²) in [5.74, 6) is 0.450. The lowest BCUT2D eigenvalue weighted by atomic mass is 10.3. The molecule has 0 aliphatic heterocycles. The molecule has 4 nitrogen and oxygen atoms in total. The number of nitrogens with one attached hydrogen (secondary N) is 1. The van der Waals surface area contributed by atoms with Crippen LogP contribution in [0.3, 0.4) is 0 Å². The first-order valence-electron chi connectivity index (χ1n) is 5.69. The number of methoxy groups -OCH3 is 1. The van der Waals surface area contributed by atoms with Crippen LogP contribution >= 0.6 is 39.1 Å². The molecule has 0 spiro atoms. The van der Waals surface area contributed by atoms with Gasteiger partial charge < -0.3 is 19.9 Å². The van der Waals surface area contributed by atoms with E-state index >= 15 is 0 Å². The molecule has 1 aromatic carbocycles. The van der Waals surface area contributed by atoms with Crippen molar-refractivity contribution in [2.45, 2.75) is 6.10 Å². The predicted molar refractivity (Wildman–Crippen MR) is 80.4 cm³/mol. The maximum Gasteiger partial charge on any atom is 0.139 e. The maximum atomic E-state index is 9.71. The Bertz CT molecular complexity index is 407. The molecule has 0 saturated carbocycles. The fourth-order valence-corrected chi connectivity index (χ4v) is 2.15. The molecule has 0 aliphatic carbocycles. The Hall–Kier alpha value is -0.0400. The molecule has 0 radical (unpaired) electrons. The largest absolute Gasteiger partial charge is 0.489 e. The first-order chi connectivity index (χ1) is 9.04. The molecule has 1 unspecified atom stereocenters. The number of benzene rings is 1. The van der Waals surface area contributed by atoms with E-state index in [-0.39, 0.29) is 6.61 Å². The average molecular weight is 373 g/mol. The van der Waals surface area contributed by atoms with Gasteiger partial charge in [-0.15, -0.1) is 0 Å². The molecule has 1 aromatic rings. The number of rotatable bonds is 8. The van der Waals surface area contributed by atoms with Crippen LogP contribution in [0.5, 0.6) is 5.75 Å². The van der Waals surface area contributed by atoms with Crippen molar-refractivity contribution in [3.8, 4) is 5.75 Å². The van der Waals surface area contributed by atoms with E-state index in [4.69, 9.17) is 32.7 Å². The number of halogens is 3. The highest BCUT2D eigenvalue weighted by molar-refractivity contribution is 9.10. The van der Waals surface area contributed by atoms with E-state index in [1.807, 2.05) is 0 Å². The molecule has 1 rings (SSSR count). The second-order valence-electron chi connectivity index (χ2n) is 3.86. The summed E-state index contributed by atoms with van der Waals surface area (Å²) in [6.07, 6.45) is -0.629. The average Bonchev–Trinajstić information content (AvgIpc) is 2.37. The highest BCUT2D eigenvalue weighted by Gasteiger charge is 2.09. The van der Waals surface area contributed by atoms with E-state index in [9.17, 15) is 5.11 Å². The van der Waals surface area contributed by atoms with E-state index in [2.05, 4.69) is 21.2 Å². The minimum absolute atomic E-state index is 0.137. The van der Waals surface area contributed by atoms with E-state index in [0.29, 0.717) is 40.0 Å². The van der Waals surface area contributed by atoms with Crippen molar-refractivity contribution >= 4 is 39.1 Å². The van der Waals surface area contributed by atoms with Gasteiger partial charge in [-0.05, 0) is 22.0 Å². The molecule has 1 atom stereocenters. The highest BCUT2D eigenvalue weighted by Crippen LogP contribution is 2.34. The number of ether oxygens (including phenoxy) is 2. The van der Waals surface area contributed by atoms with Gasteiger partial charge >= 0.3 is 0 Å². The van der Waals surface area contributed by atoms with Crippen LogP contribution in [0.2, 0.25) is 10.0 Å². The van der Waals surface area contributed by atoms with Gasteiger partial charge in [0.2, 0.25) is 0 Å². The SMILES string of the molecule is COCCNCC(O)COc1cc(Cl)c(Br)cc1Cl. The summed E-state index contributed by atoms with van der Waals surface area (Å²) >= 11 is 15.2. The monoisotopic (exact) mass is 371 g/mol. The number of aliphatic hydroxyl groups is 1. The van der Waals surface area contributed by atoms with Crippen LogP contribution in [0, 0.1) is 0 Å². The van der Waals surface area contributed by atoms with Crippen molar-refractivity contribution in [2.24, 2.45) is 0 Å². The molecule has 7 heteroatoms. The molecule has 2 N–H and O–H groups in total. The van der Waals surface area contributed by atoms with Gasteiger partial charge in [0, 0.05) is 30.7 Å². The van der Waals surface area contributed by atoms with Crippen LogP contribution in [0.15, 0.2) is 16.6 Å². The summed E-state index contributed by atoms with van der Waals surface area (Å²) in [5.41, 5.74) is 0. The van der Waals surface area contributed by atoms with Gasteiger partial charge in [-0.1, -0.05) is 23.2 Å². The van der Waals surface area contributed by atoms with E-state index in [1.54, 1.807) is 19.2 Å². The smallest absolute Gasteiger partial charge is 0.139 e. The highest BCUT2D eigenvalue weighted by atomic mass is 79.9. The van der Waals surface area contributed by atoms with Crippen LogP contribution in [0.4, 0.5) is 0 Å². The second kappa shape index (κ2) is 9.00. The molecule has 108 valence electrons. The van der Waals surface area contributed by atoms with Crippen LogP contribution < -0.4 is 10.1 Å². The van der Waals surface area contributed by atoms with E-state index in [1.165, 1.54) is 0 Å². The third kappa shape index (κ3) is 6.29. The topological polar surface area (TPSA) is 50.7 Å². The molecule has 0 aliphatic rings. The van der Waals surface area contributed by atoms with Crippen molar-refractivity contribution in [3.05, 3.63) is 26.7 Å². The summed E-state index contributed by atoms with van der Waals surface area (Å²) in [6.45, 7) is 1.84. The van der Waals surface area contributed by atoms with Crippen LogP contribution in [-0.4, -0.2) is 44.6 Å². The Morgan fingerprint density at radius 1 is 1.37 bits per heavy atom. The van der Waals surface area contributed by atoms with Gasteiger partial charge in [0.05, 0.1) is 16.7 Å². The van der Waals surface area contributed by atoms with E-state index in [0.717, 1.165) is 0 Å². The lowest BCUT2D eigenvalue weighted by Crippen LogP contribution is -2.33. The van der Waals surface area contributed by atoms with Gasteiger partial charge in [0.15, 0.2) is 0 Å². The van der Waals surface area contributed by atoms with Gasteiger partial charge in [0.25, 0.3) is 0 Å². The van der Waals surface area contributed by atoms with Crippen LogP contribution in [-0.2, 0) is 4.74 Å². The number of hydrogen-bond acceptors (Lipinski definition) is 4. The fourth-order valence-electron chi connectivity index (χ4n) is 1.30. The van der Waals surface area contributed by atoms with Gasteiger partial charge in [0.1, 0.15) is 18.5 Å². The molecule has 0 heterocycles. The minimum atomic E-state index is -0.629. The molecular formula is C12H16BrCl2NO3. The number of aliphatic hydroxyl groups excluding tert-OH is 1. The minimum Gasteiger partial charge on any atom is -0.489 e. The first-order valence-corrected chi connectivity index (χ1v) is 7.24. The Balaban J connectivity index is 2.37. The fraction of sp³-hybridized carbons (Fsp3) is 0.500. The van der Waals surface area contributed by atoms with Crippen molar-refractivity contribution in [2.75, 3.05) is 33.4 Å². The molecule has 0 fully saturated rings. The third-order valence-corrected chi connectivity index (χ3v) is 3.76. The lowest BCUT2D eigenvalue weighted by molar-refractivity contribution is 0.103. The zero-order valence-electron chi connectivity index (χ0n) is 10.5. The first kappa shape index (κ1) is 17.0. The van der Waals surface area contributed by atoms with E-state index < -0.39 is 6.10 Å². The summed E-state index contributed by atoms with van der Waals surface area (Å²) in [5, 5.41) is 13.7. The maximum absolute atomic E-state index is 9.71. The summed E-state index contributed by atoms with van der Waals surface area (Å²) in [6, 6.07) is 3.27. The normalized spacial score (nSPS) is 12.5. The second-order valence-corrected chi connectivity index (χ2v) is 5.53. The van der Waals surface area contributed by atoms with Crippen molar-refractivity contribution < 1.29 is 14.6 Å². The quantitative estimate of drug-likeness (QED) is 0.544. The lowest BCUT2D eigenvalue weighted by Gasteiger charge is -2.14. The molecule has 19 heavy (non-hydrogen) atoms. The molecule has 0 amide bonds. The molecule has 0 bridgehead atoms. The predicted octanol–water partition coefficient (Wildman–Crippen LogP) is 2.73. The summed E-state index contributed by atoms with van der Waals surface area (Å²) < 4.78 is 11.0. The van der Waals surface area contributed by atoms with Crippen LogP contribution in [0.25, 0.3) is 0 Å². The Morgan fingerprint density at radius 2 is 2.11 bits per heavy atom. The zero-order chi connectivity index (χ0) is 14.3. The molecule has 0 saturated heterocycles. The Morgan fingerprint density at radius 3 is 2.79 bits per heavy atom. The summed E-state index contributed by atoms with van der Waals surface area (Å²) in [4.78, 5) is 0. The van der Waals surface area contributed by atoms with Crippen molar-refractivity contribution in [1.82, 2.24) is 5.32 Å². The summed E-state index contributed by atoms with van der Waals surface area (Å²) in [7, 11) is 1.63. The standard InChI is InChI=1S/C12H16BrCl2NO3/c1-18-3-2-16-6-8(17)7-19-12-5-10(14)9(13)4-11(12)15/h4-5,8,16-17H,2-3,6-7H2,1H3. The zero-order valence-corrected chi connectivity index (χ0v) is 13.6. The van der Waals surface area contributed by atoms with Gasteiger partial charge in [-0.25, -0.2) is 0 Å². The van der Waals surface area contributed by atoms with Crippen molar-refractivity contribution in [1.29, 1.82) is 0 Å². The number of hydrogen-bond donors (Lipinski definition) is 2. The third-order valence-electron chi connectivity index (χ3n) is 2.27. The van der Waals surface area contributed by atoms with Crippen molar-refractivity contribution in [3.63, 3.8) is 0 Å². The molecular weight excluding hydrogens is 357 g/mol. The van der Waals surface area contributed by atoms with Gasteiger partial charge in [-0.3, -0.25) is 0 Å². The Kier molecular flexibility index (Phi) is 8.06. The molecule has 0 aromatic heterocycles.